The molecule has 1 aliphatic carbocycles. The summed E-state index contributed by atoms with van der Waals surface area (Å²) in [6, 6.07) is 9.84. The van der Waals surface area contributed by atoms with Crippen molar-refractivity contribution in [2.24, 2.45) is 0 Å². The first-order chi connectivity index (χ1) is 12.1. The summed E-state index contributed by atoms with van der Waals surface area (Å²) in [6.45, 7) is 5.40. The molecule has 1 aliphatic heterocycles. The van der Waals surface area contributed by atoms with Gasteiger partial charge in [0.2, 0.25) is 0 Å². The summed E-state index contributed by atoms with van der Waals surface area (Å²) in [5.41, 5.74) is 4.73. The van der Waals surface area contributed by atoms with Crippen molar-refractivity contribution in [1.82, 2.24) is 15.2 Å². The number of aromatic nitrogens is 1. The summed E-state index contributed by atoms with van der Waals surface area (Å²) in [7, 11) is 0. The maximum absolute atomic E-state index is 12.4. The second-order valence-electron chi connectivity index (χ2n) is 6.51. The Bertz CT molecular complexity index is 856. The number of carbonyl (C=O) groups is 1. The quantitative estimate of drug-likeness (QED) is 0.900. The van der Waals surface area contributed by atoms with Crippen LogP contribution in [0.15, 0.2) is 36.5 Å². The number of benzene rings is 1. The molecule has 1 aromatic heterocycles. The zero-order chi connectivity index (χ0) is 17.4. The minimum absolute atomic E-state index is 0.0265. The molecule has 0 saturated carbocycles. The number of ketones is 1. The van der Waals surface area contributed by atoms with Gasteiger partial charge in [-0.2, -0.15) is 0 Å². The number of halogens is 1. The second kappa shape index (κ2) is 6.71. The molecule has 1 fully saturated rings. The van der Waals surface area contributed by atoms with Crippen molar-refractivity contribution in [3.8, 4) is 0 Å². The Morgan fingerprint density at radius 2 is 2.08 bits per heavy atom. The van der Waals surface area contributed by atoms with Gasteiger partial charge in [0.05, 0.1) is 11.7 Å². The number of nitrogens with zero attached hydrogens (tertiary/aromatic N) is 2. The average Bonchev–Trinajstić information content (AvgIpc) is 2.77. The standard InChI is InChI=1S/C20H20ClN3O/c1-13(25)17-11-14-3-2-6-23-19(14)20(24-9-7-22-8-10-24)16-5-4-15(21)12-18(16)17/h2-6,11-12,20,22H,7-10H2,1H3. The molecule has 1 aromatic carbocycles. The molecule has 1 saturated heterocycles. The molecule has 4 rings (SSSR count). The smallest absolute Gasteiger partial charge is 0.160 e. The summed E-state index contributed by atoms with van der Waals surface area (Å²) in [5, 5.41) is 4.05. The number of hydrogen-bond donors (Lipinski definition) is 1. The van der Waals surface area contributed by atoms with E-state index in [2.05, 4.69) is 10.2 Å². The summed E-state index contributed by atoms with van der Waals surface area (Å²) < 4.78 is 0. The van der Waals surface area contributed by atoms with Gasteiger partial charge in [0.25, 0.3) is 0 Å². The highest BCUT2D eigenvalue weighted by molar-refractivity contribution is 6.31. The Morgan fingerprint density at radius 1 is 1.28 bits per heavy atom. The fourth-order valence-corrected chi connectivity index (χ4v) is 3.93. The van der Waals surface area contributed by atoms with Gasteiger partial charge in [0.1, 0.15) is 0 Å². The first kappa shape index (κ1) is 16.5. The molecule has 2 aliphatic rings. The van der Waals surface area contributed by atoms with E-state index in [1.807, 2.05) is 42.6 Å². The van der Waals surface area contributed by atoms with Gasteiger partial charge < -0.3 is 5.32 Å². The van der Waals surface area contributed by atoms with Gasteiger partial charge in [-0.3, -0.25) is 14.7 Å². The van der Waals surface area contributed by atoms with Crippen LogP contribution >= 0.6 is 11.6 Å². The van der Waals surface area contributed by atoms with Crippen LogP contribution in [-0.2, 0) is 4.79 Å². The molecule has 0 amide bonds. The summed E-state index contributed by atoms with van der Waals surface area (Å²) in [6.07, 6.45) is 3.79. The third kappa shape index (κ3) is 3.01. The van der Waals surface area contributed by atoms with Crippen molar-refractivity contribution in [2.75, 3.05) is 26.2 Å². The van der Waals surface area contributed by atoms with Crippen molar-refractivity contribution < 1.29 is 4.79 Å². The Morgan fingerprint density at radius 3 is 2.84 bits per heavy atom. The van der Waals surface area contributed by atoms with E-state index in [4.69, 9.17) is 16.6 Å². The maximum Gasteiger partial charge on any atom is 0.160 e. The highest BCUT2D eigenvalue weighted by Crippen LogP contribution is 2.40. The van der Waals surface area contributed by atoms with E-state index >= 15 is 0 Å². The predicted octanol–water partition coefficient (Wildman–Crippen LogP) is 3.17. The van der Waals surface area contributed by atoms with Gasteiger partial charge in [0, 0.05) is 43.0 Å². The Balaban J connectivity index is 1.97. The molecule has 128 valence electrons. The minimum atomic E-state index is 0.0265. The molecule has 0 radical (unpaired) electrons. The van der Waals surface area contributed by atoms with Gasteiger partial charge in [-0.25, -0.2) is 0 Å². The van der Waals surface area contributed by atoms with E-state index < -0.39 is 0 Å². The van der Waals surface area contributed by atoms with Crippen LogP contribution in [-0.4, -0.2) is 41.8 Å². The van der Waals surface area contributed by atoms with E-state index in [1.165, 1.54) is 0 Å². The number of hydrogen-bond acceptors (Lipinski definition) is 4. The van der Waals surface area contributed by atoms with Crippen LogP contribution in [0.3, 0.4) is 0 Å². The van der Waals surface area contributed by atoms with Crippen LogP contribution < -0.4 is 5.32 Å². The minimum Gasteiger partial charge on any atom is -0.314 e. The van der Waals surface area contributed by atoms with Crippen LogP contribution in [0.2, 0.25) is 5.02 Å². The summed E-state index contributed by atoms with van der Waals surface area (Å²) in [4.78, 5) is 19.5. The van der Waals surface area contributed by atoms with Gasteiger partial charge >= 0.3 is 0 Å². The van der Waals surface area contributed by atoms with Crippen LogP contribution in [0.5, 0.6) is 0 Å². The lowest BCUT2D eigenvalue weighted by Crippen LogP contribution is -2.45. The Kier molecular flexibility index (Phi) is 4.42. The number of nitrogens with one attached hydrogen (secondary N) is 1. The summed E-state index contributed by atoms with van der Waals surface area (Å²) >= 11 is 6.27. The number of allylic oxidation sites excluding steroid dienone is 1. The van der Waals surface area contributed by atoms with Crippen LogP contribution in [0.4, 0.5) is 0 Å². The van der Waals surface area contributed by atoms with Crippen molar-refractivity contribution >= 4 is 29.0 Å². The number of rotatable bonds is 2. The Labute approximate surface area is 152 Å². The highest BCUT2D eigenvalue weighted by atomic mass is 35.5. The van der Waals surface area contributed by atoms with Gasteiger partial charge in [0.15, 0.2) is 5.78 Å². The van der Waals surface area contributed by atoms with Gasteiger partial charge in [-0.1, -0.05) is 23.7 Å². The lowest BCUT2D eigenvalue weighted by molar-refractivity contribution is -0.111. The molecular formula is C20H20ClN3O. The molecule has 25 heavy (non-hydrogen) atoms. The second-order valence-corrected chi connectivity index (χ2v) is 6.95. The molecule has 4 nitrogen and oxygen atoms in total. The number of carbonyl (C=O) groups excluding carboxylic acids is 1. The normalized spacial score (nSPS) is 20.2. The monoisotopic (exact) mass is 353 g/mol. The lowest BCUT2D eigenvalue weighted by atomic mass is 9.92. The highest BCUT2D eigenvalue weighted by Gasteiger charge is 2.32. The SMILES string of the molecule is CC(=O)C1=Cc2cccnc2C(N2CCNCC2)c2ccc(Cl)cc21. The number of piperazine rings is 1. The van der Waals surface area contributed by atoms with E-state index in [0.717, 1.165) is 48.6 Å². The topological polar surface area (TPSA) is 45.2 Å². The van der Waals surface area contributed by atoms with Gasteiger partial charge in [-0.15, -0.1) is 0 Å². The van der Waals surface area contributed by atoms with Crippen LogP contribution in [0, 0.1) is 0 Å². The average molecular weight is 354 g/mol. The number of Topliss-reactive ketones (excluding diaryl/α,β-unsaturated/α-hetero) is 1. The fourth-order valence-electron chi connectivity index (χ4n) is 3.76. The molecule has 1 N–H and O–H groups in total. The fraction of sp³-hybridized carbons (Fsp3) is 0.300. The molecule has 0 spiro atoms. The first-order valence-corrected chi connectivity index (χ1v) is 8.95. The van der Waals surface area contributed by atoms with E-state index in [0.29, 0.717) is 10.6 Å². The number of fused-ring (bicyclic) bond motifs is 2. The summed E-state index contributed by atoms with van der Waals surface area (Å²) in [5.74, 6) is 0.0410. The van der Waals surface area contributed by atoms with Crippen molar-refractivity contribution in [2.45, 2.75) is 13.0 Å². The molecule has 1 unspecified atom stereocenters. The van der Waals surface area contributed by atoms with Crippen LogP contribution in [0.25, 0.3) is 11.6 Å². The van der Waals surface area contributed by atoms with Crippen LogP contribution in [0.1, 0.15) is 35.3 Å². The third-order valence-electron chi connectivity index (χ3n) is 4.93. The largest absolute Gasteiger partial charge is 0.314 e. The molecule has 5 heteroatoms. The Hall–Kier alpha value is -2.01. The molecule has 2 aromatic rings. The molecule has 1 atom stereocenters. The zero-order valence-corrected chi connectivity index (χ0v) is 14.9. The van der Waals surface area contributed by atoms with E-state index in [-0.39, 0.29) is 11.8 Å². The third-order valence-corrected chi connectivity index (χ3v) is 5.16. The number of pyridine rings is 1. The lowest BCUT2D eigenvalue weighted by Gasteiger charge is -2.35. The predicted molar refractivity (Wildman–Crippen MR) is 101 cm³/mol. The van der Waals surface area contributed by atoms with E-state index in [9.17, 15) is 4.79 Å². The molecule has 0 bridgehead atoms. The maximum atomic E-state index is 12.4. The van der Waals surface area contributed by atoms with Crippen molar-refractivity contribution in [1.29, 1.82) is 0 Å². The first-order valence-electron chi connectivity index (χ1n) is 8.57. The van der Waals surface area contributed by atoms with Crippen molar-refractivity contribution in [3.05, 3.63) is 63.9 Å². The van der Waals surface area contributed by atoms with E-state index in [1.54, 1.807) is 6.92 Å². The molecular weight excluding hydrogens is 334 g/mol. The molecule has 2 heterocycles. The van der Waals surface area contributed by atoms with Gasteiger partial charge in [-0.05, 0) is 47.9 Å². The van der Waals surface area contributed by atoms with Crippen molar-refractivity contribution in [3.63, 3.8) is 0 Å². The zero-order valence-electron chi connectivity index (χ0n) is 14.1.